The van der Waals surface area contributed by atoms with Gasteiger partial charge in [-0.3, -0.25) is 15.1 Å². The van der Waals surface area contributed by atoms with Gasteiger partial charge in [0.05, 0.1) is 24.8 Å². The number of ether oxygens (including phenoxy) is 2. The second kappa shape index (κ2) is 8.95. The molecular formula is C18H17ClN4O4S2. The van der Waals surface area contributed by atoms with Gasteiger partial charge in [-0.1, -0.05) is 16.7 Å². The lowest BCUT2D eigenvalue weighted by atomic mass is 9.99. The molecule has 1 N–H and O–H groups in total. The highest BCUT2D eigenvalue weighted by atomic mass is 35.5. The Balaban J connectivity index is 2.07. The SMILES string of the molecule is COc1nnc(NC(=O)c2cnc(C)cc2-c2cc(Cl)c([S@@+](C)[O-])cc2OC)s1. The van der Waals surface area contributed by atoms with Gasteiger partial charge in [0.15, 0.2) is 4.90 Å². The molecule has 1 aromatic carbocycles. The van der Waals surface area contributed by atoms with Crippen LogP contribution in [0.3, 0.4) is 0 Å². The molecule has 2 aromatic heterocycles. The summed E-state index contributed by atoms with van der Waals surface area (Å²) in [7, 11) is 2.97. The highest BCUT2D eigenvalue weighted by Gasteiger charge is 2.22. The fourth-order valence-corrected chi connectivity index (χ4v) is 4.26. The number of anilines is 1. The van der Waals surface area contributed by atoms with Crippen LogP contribution in [-0.2, 0) is 11.2 Å². The van der Waals surface area contributed by atoms with E-state index in [4.69, 9.17) is 21.1 Å². The van der Waals surface area contributed by atoms with Crippen LogP contribution in [0.2, 0.25) is 5.02 Å². The van der Waals surface area contributed by atoms with Gasteiger partial charge in [0.2, 0.25) is 5.13 Å². The van der Waals surface area contributed by atoms with Crippen molar-refractivity contribution in [2.24, 2.45) is 0 Å². The zero-order valence-electron chi connectivity index (χ0n) is 16.0. The summed E-state index contributed by atoms with van der Waals surface area (Å²) >= 11 is 6.14. The lowest BCUT2D eigenvalue weighted by Crippen LogP contribution is -2.14. The molecule has 0 aliphatic rings. The molecular weight excluding hydrogens is 436 g/mol. The minimum atomic E-state index is -1.29. The molecule has 0 bridgehead atoms. The van der Waals surface area contributed by atoms with Gasteiger partial charge in [-0.2, -0.15) is 0 Å². The second-order valence-corrected chi connectivity index (χ2v) is 8.54. The Morgan fingerprint density at radius 1 is 1.21 bits per heavy atom. The molecule has 0 fully saturated rings. The van der Waals surface area contributed by atoms with E-state index in [-0.39, 0.29) is 0 Å². The Bertz CT molecular complexity index is 1060. The number of aromatic nitrogens is 3. The Morgan fingerprint density at radius 3 is 2.59 bits per heavy atom. The normalized spacial score (nSPS) is 11.8. The number of aryl methyl sites for hydroxylation is 1. The first-order valence-corrected chi connectivity index (χ1v) is 11.0. The molecule has 1 atom stereocenters. The molecule has 3 rings (SSSR count). The van der Waals surface area contributed by atoms with Crippen LogP contribution in [0.4, 0.5) is 5.13 Å². The highest BCUT2D eigenvalue weighted by Crippen LogP contribution is 2.38. The minimum Gasteiger partial charge on any atom is -0.612 e. The molecule has 2 heterocycles. The van der Waals surface area contributed by atoms with E-state index < -0.39 is 17.1 Å². The standard InChI is InChI=1S/C18H17ClN4O4S2/c1-9-5-10(11-6-13(19)15(29(4)25)7-14(11)26-2)12(8-20-9)16(24)21-17-22-23-18(27-3)28-17/h5-8H,1-4H3,(H,21,22,24)/t29-/m1/s1. The Kier molecular flexibility index (Phi) is 6.58. The van der Waals surface area contributed by atoms with Crippen LogP contribution in [0, 0.1) is 6.92 Å². The number of methoxy groups -OCH3 is 2. The molecule has 0 saturated heterocycles. The monoisotopic (exact) mass is 452 g/mol. The van der Waals surface area contributed by atoms with Crippen LogP contribution in [0.15, 0.2) is 29.3 Å². The van der Waals surface area contributed by atoms with Crippen molar-refractivity contribution in [3.05, 3.63) is 40.7 Å². The summed E-state index contributed by atoms with van der Waals surface area (Å²) in [5, 5.41) is 11.3. The molecule has 11 heteroatoms. The van der Waals surface area contributed by atoms with Gasteiger partial charge in [0, 0.05) is 29.1 Å². The molecule has 0 radical (unpaired) electrons. The van der Waals surface area contributed by atoms with Crippen LogP contribution in [0.25, 0.3) is 11.1 Å². The maximum Gasteiger partial charge on any atom is 0.295 e. The van der Waals surface area contributed by atoms with Crippen molar-refractivity contribution in [2.75, 3.05) is 25.8 Å². The molecule has 0 aliphatic heterocycles. The van der Waals surface area contributed by atoms with Gasteiger partial charge in [0.25, 0.3) is 11.1 Å². The predicted molar refractivity (Wildman–Crippen MR) is 113 cm³/mol. The number of benzene rings is 1. The van der Waals surface area contributed by atoms with Crippen LogP contribution >= 0.6 is 22.9 Å². The summed E-state index contributed by atoms with van der Waals surface area (Å²) in [6.45, 7) is 1.81. The highest BCUT2D eigenvalue weighted by molar-refractivity contribution is 7.90. The van der Waals surface area contributed by atoms with Crippen LogP contribution < -0.4 is 14.8 Å². The van der Waals surface area contributed by atoms with Gasteiger partial charge in [0.1, 0.15) is 12.0 Å². The summed E-state index contributed by atoms with van der Waals surface area (Å²) in [6.07, 6.45) is 3.00. The van der Waals surface area contributed by atoms with E-state index in [1.165, 1.54) is 26.7 Å². The number of hydrogen-bond donors (Lipinski definition) is 1. The molecule has 152 valence electrons. The fourth-order valence-electron chi connectivity index (χ4n) is 2.61. The molecule has 0 saturated carbocycles. The smallest absolute Gasteiger partial charge is 0.295 e. The van der Waals surface area contributed by atoms with E-state index >= 15 is 0 Å². The average molecular weight is 453 g/mol. The maximum absolute atomic E-state index is 12.9. The third kappa shape index (κ3) is 4.61. The predicted octanol–water partition coefficient (Wildman–Crippen LogP) is 3.57. The van der Waals surface area contributed by atoms with Crippen LogP contribution in [0.5, 0.6) is 10.9 Å². The molecule has 0 aliphatic carbocycles. The first-order chi connectivity index (χ1) is 13.8. The number of amides is 1. The topological polar surface area (TPSA) is 109 Å². The Hall–Kier alpha value is -2.40. The number of hydrogen-bond acceptors (Lipinski definition) is 8. The third-order valence-electron chi connectivity index (χ3n) is 3.94. The van der Waals surface area contributed by atoms with Gasteiger partial charge < -0.3 is 14.0 Å². The molecule has 8 nitrogen and oxygen atoms in total. The van der Waals surface area contributed by atoms with Crippen molar-refractivity contribution < 1.29 is 18.8 Å². The molecule has 3 aromatic rings. The lowest BCUT2D eigenvalue weighted by Gasteiger charge is -2.15. The first kappa shape index (κ1) is 21.3. The van der Waals surface area contributed by atoms with Crippen molar-refractivity contribution in [1.29, 1.82) is 0 Å². The van der Waals surface area contributed by atoms with Crippen molar-refractivity contribution in [3.8, 4) is 22.1 Å². The van der Waals surface area contributed by atoms with Crippen molar-refractivity contribution >= 4 is 45.2 Å². The van der Waals surface area contributed by atoms with Crippen molar-refractivity contribution in [3.63, 3.8) is 0 Å². The summed E-state index contributed by atoms with van der Waals surface area (Å²) < 4.78 is 22.4. The number of carbonyl (C=O) groups is 1. The number of halogens is 1. The number of carbonyl (C=O) groups excluding carboxylic acids is 1. The van der Waals surface area contributed by atoms with Crippen molar-refractivity contribution in [1.82, 2.24) is 15.2 Å². The summed E-state index contributed by atoms with van der Waals surface area (Å²) in [4.78, 5) is 17.6. The van der Waals surface area contributed by atoms with E-state index in [9.17, 15) is 9.35 Å². The molecule has 1 amide bonds. The maximum atomic E-state index is 12.9. The Morgan fingerprint density at radius 2 is 1.97 bits per heavy atom. The van der Waals surface area contributed by atoms with E-state index in [0.717, 1.165) is 11.3 Å². The summed E-state index contributed by atoms with van der Waals surface area (Å²) in [5.41, 5.74) is 2.15. The summed E-state index contributed by atoms with van der Waals surface area (Å²) in [6, 6.07) is 5.00. The quantitative estimate of drug-likeness (QED) is 0.569. The van der Waals surface area contributed by atoms with Crippen molar-refractivity contribution in [2.45, 2.75) is 11.8 Å². The van der Waals surface area contributed by atoms with E-state index in [0.29, 0.717) is 48.4 Å². The minimum absolute atomic E-state index is 0.292. The van der Waals surface area contributed by atoms with Gasteiger partial charge in [-0.15, -0.1) is 5.10 Å². The number of rotatable bonds is 6. The lowest BCUT2D eigenvalue weighted by molar-refractivity contribution is 0.102. The zero-order chi connectivity index (χ0) is 21.1. The first-order valence-electron chi connectivity index (χ1n) is 8.20. The molecule has 29 heavy (non-hydrogen) atoms. The Labute approximate surface area is 179 Å². The average Bonchev–Trinajstić information content (AvgIpc) is 3.14. The summed E-state index contributed by atoms with van der Waals surface area (Å²) in [5.74, 6) is 0.0180. The third-order valence-corrected chi connectivity index (χ3v) is 6.12. The van der Waals surface area contributed by atoms with E-state index in [1.54, 1.807) is 18.2 Å². The van der Waals surface area contributed by atoms with Gasteiger partial charge in [-0.05, 0) is 41.6 Å². The largest absolute Gasteiger partial charge is 0.612 e. The van der Waals surface area contributed by atoms with E-state index in [1.807, 2.05) is 6.92 Å². The number of pyridine rings is 1. The van der Waals surface area contributed by atoms with Crippen LogP contribution in [0.1, 0.15) is 16.1 Å². The van der Waals surface area contributed by atoms with Gasteiger partial charge >= 0.3 is 0 Å². The fraction of sp³-hybridized carbons (Fsp3) is 0.222. The van der Waals surface area contributed by atoms with E-state index in [2.05, 4.69) is 20.5 Å². The van der Waals surface area contributed by atoms with Gasteiger partial charge in [-0.25, -0.2) is 0 Å². The zero-order valence-corrected chi connectivity index (χ0v) is 18.4. The number of nitrogens with zero attached hydrogens (tertiary/aromatic N) is 3. The second-order valence-electron chi connectivity index (χ2n) is 5.84. The molecule has 0 spiro atoms. The number of nitrogens with one attached hydrogen (secondary N) is 1. The molecule has 0 unspecified atom stereocenters. The van der Waals surface area contributed by atoms with Crippen LogP contribution in [-0.4, -0.2) is 46.1 Å².